The van der Waals surface area contributed by atoms with Crippen molar-refractivity contribution in [1.29, 1.82) is 0 Å². The number of carbonyl (C=O) groups is 1. The van der Waals surface area contributed by atoms with Crippen molar-refractivity contribution >= 4 is 27.0 Å². The molecular formula is C27H33NO6S. The van der Waals surface area contributed by atoms with Gasteiger partial charge in [-0.1, -0.05) is 51.3 Å². The van der Waals surface area contributed by atoms with Crippen LogP contribution in [0, 0.1) is 19.8 Å². The van der Waals surface area contributed by atoms with Crippen molar-refractivity contribution in [2.75, 3.05) is 0 Å². The lowest BCUT2D eigenvalue weighted by molar-refractivity contribution is -0.137. The molecule has 0 aliphatic heterocycles. The summed E-state index contributed by atoms with van der Waals surface area (Å²) in [5.74, 6) is -0.784. The first-order valence-corrected chi connectivity index (χ1v) is 13.4. The van der Waals surface area contributed by atoms with Gasteiger partial charge in [-0.3, -0.25) is 0 Å². The predicted molar refractivity (Wildman–Crippen MR) is 136 cm³/mol. The van der Waals surface area contributed by atoms with E-state index in [1.165, 1.54) is 18.2 Å². The van der Waals surface area contributed by atoms with Crippen LogP contribution in [0.3, 0.4) is 0 Å². The van der Waals surface area contributed by atoms with Crippen LogP contribution in [0.4, 0.5) is 0 Å². The lowest BCUT2D eigenvalue weighted by atomic mass is 10.00. The number of ether oxygens (including phenoxy) is 1. The van der Waals surface area contributed by atoms with Crippen LogP contribution < -0.4 is 15.1 Å². The number of aryl methyl sites for hydroxylation is 3. The van der Waals surface area contributed by atoms with E-state index in [1.54, 1.807) is 31.2 Å². The smallest absolute Gasteiger partial charge is 0.336 e. The van der Waals surface area contributed by atoms with Gasteiger partial charge in [-0.05, 0) is 68.0 Å². The molecule has 0 unspecified atom stereocenters. The van der Waals surface area contributed by atoms with Gasteiger partial charge < -0.3 is 9.15 Å². The van der Waals surface area contributed by atoms with Gasteiger partial charge in [0, 0.05) is 6.07 Å². The van der Waals surface area contributed by atoms with E-state index in [0.29, 0.717) is 23.8 Å². The third kappa shape index (κ3) is 6.38. The van der Waals surface area contributed by atoms with Crippen molar-refractivity contribution in [1.82, 2.24) is 4.72 Å². The Kier molecular flexibility index (Phi) is 8.51. The van der Waals surface area contributed by atoms with Gasteiger partial charge >= 0.3 is 11.6 Å². The van der Waals surface area contributed by atoms with Crippen molar-refractivity contribution in [3.63, 3.8) is 0 Å². The quantitative estimate of drug-likeness (QED) is 0.238. The maximum atomic E-state index is 13.4. The van der Waals surface area contributed by atoms with E-state index in [0.717, 1.165) is 29.5 Å². The number of sulfonamides is 1. The number of rotatable bonds is 10. The Morgan fingerprint density at radius 3 is 2.37 bits per heavy atom. The minimum Gasteiger partial charge on any atom is -0.425 e. The zero-order valence-corrected chi connectivity index (χ0v) is 21.7. The number of fused-ring (bicyclic) bond motifs is 1. The van der Waals surface area contributed by atoms with Crippen molar-refractivity contribution in [3.05, 3.63) is 69.6 Å². The molecule has 0 aliphatic rings. The van der Waals surface area contributed by atoms with Crippen molar-refractivity contribution < 1.29 is 22.4 Å². The van der Waals surface area contributed by atoms with E-state index in [4.69, 9.17) is 9.15 Å². The second-order valence-corrected chi connectivity index (χ2v) is 10.8. The van der Waals surface area contributed by atoms with Crippen molar-refractivity contribution in [2.24, 2.45) is 5.92 Å². The maximum Gasteiger partial charge on any atom is 0.336 e. The van der Waals surface area contributed by atoms with E-state index in [2.05, 4.69) is 11.6 Å². The number of carbonyl (C=O) groups excluding carboxylic acids is 1. The Labute approximate surface area is 206 Å². The standard InChI is InChI=1S/C27H33NO6S/c1-6-8-9-20-16-24(29)33-22-14-18(4)15-23(25(20)22)34-27(30)26(19(5)7-2)28-35(31,32)21-12-10-17(3)11-13-21/h10-16,19,26,28H,6-9H2,1-5H3/t19-,26-/m0/s1. The van der Waals surface area contributed by atoms with E-state index < -0.39 is 27.7 Å². The van der Waals surface area contributed by atoms with Crippen LogP contribution in [0.25, 0.3) is 11.0 Å². The van der Waals surface area contributed by atoms with Gasteiger partial charge in [0.25, 0.3) is 0 Å². The molecule has 0 aliphatic carbocycles. The lowest BCUT2D eigenvalue weighted by Gasteiger charge is -2.23. The summed E-state index contributed by atoms with van der Waals surface area (Å²) in [5.41, 5.74) is 2.29. The first-order chi connectivity index (χ1) is 16.6. The van der Waals surface area contributed by atoms with Crippen LogP contribution in [0.5, 0.6) is 5.75 Å². The fourth-order valence-electron chi connectivity index (χ4n) is 3.87. The average Bonchev–Trinajstić information content (AvgIpc) is 2.80. The molecule has 0 saturated carbocycles. The highest BCUT2D eigenvalue weighted by Gasteiger charge is 2.32. The van der Waals surface area contributed by atoms with E-state index in [1.807, 2.05) is 20.8 Å². The third-order valence-electron chi connectivity index (χ3n) is 6.12. The molecule has 2 aromatic carbocycles. The van der Waals surface area contributed by atoms with Gasteiger partial charge in [-0.25, -0.2) is 18.0 Å². The Balaban J connectivity index is 2.00. The second-order valence-electron chi connectivity index (χ2n) is 9.05. The van der Waals surface area contributed by atoms with Gasteiger partial charge in [0.05, 0.1) is 10.3 Å². The third-order valence-corrected chi connectivity index (χ3v) is 7.58. The fourth-order valence-corrected chi connectivity index (χ4v) is 5.17. The summed E-state index contributed by atoms with van der Waals surface area (Å²) in [5, 5.41) is 0.557. The molecule has 0 spiro atoms. The van der Waals surface area contributed by atoms with Gasteiger partial charge in [0.15, 0.2) is 0 Å². The van der Waals surface area contributed by atoms with Crippen LogP contribution >= 0.6 is 0 Å². The predicted octanol–water partition coefficient (Wildman–Crippen LogP) is 5.05. The zero-order chi connectivity index (χ0) is 25.8. The highest BCUT2D eigenvalue weighted by Crippen LogP contribution is 2.31. The minimum absolute atomic E-state index is 0.0776. The van der Waals surface area contributed by atoms with Gasteiger partial charge in [-0.2, -0.15) is 4.72 Å². The van der Waals surface area contributed by atoms with Crippen LogP contribution in [-0.4, -0.2) is 20.4 Å². The summed E-state index contributed by atoms with van der Waals surface area (Å²) in [7, 11) is -3.96. The molecule has 0 fully saturated rings. The summed E-state index contributed by atoms with van der Waals surface area (Å²) in [6, 6.07) is 10.2. The van der Waals surface area contributed by atoms with Crippen LogP contribution in [0.2, 0.25) is 0 Å². The van der Waals surface area contributed by atoms with Crippen molar-refractivity contribution in [3.8, 4) is 5.75 Å². The normalized spacial score (nSPS) is 13.5. The van der Waals surface area contributed by atoms with Crippen LogP contribution in [0.1, 0.15) is 56.7 Å². The van der Waals surface area contributed by atoms with E-state index in [9.17, 15) is 18.0 Å². The van der Waals surface area contributed by atoms with E-state index >= 15 is 0 Å². The lowest BCUT2D eigenvalue weighted by Crippen LogP contribution is -2.47. The topological polar surface area (TPSA) is 103 Å². The molecule has 0 saturated heterocycles. The fraction of sp³-hybridized carbons (Fsp3) is 0.407. The highest BCUT2D eigenvalue weighted by atomic mass is 32.2. The van der Waals surface area contributed by atoms with Crippen molar-refractivity contribution in [2.45, 2.75) is 71.2 Å². The van der Waals surface area contributed by atoms with Crippen LogP contribution in [0.15, 0.2) is 56.6 Å². The molecule has 8 heteroatoms. The number of unbranched alkanes of at least 4 members (excludes halogenated alkanes) is 1. The molecule has 3 aromatic rings. The SMILES string of the molecule is CCCCc1cc(=O)oc2cc(C)cc(OC(=O)[C@@H](NS(=O)(=O)c3ccc(C)cc3)[C@@H](C)CC)c12. The maximum absolute atomic E-state index is 13.4. The van der Waals surface area contributed by atoms with Gasteiger partial charge in [-0.15, -0.1) is 0 Å². The number of hydrogen-bond donors (Lipinski definition) is 1. The summed E-state index contributed by atoms with van der Waals surface area (Å²) < 4.78 is 39.9. The Hall–Kier alpha value is -2.97. The van der Waals surface area contributed by atoms with Gasteiger partial charge in [0.2, 0.25) is 10.0 Å². The molecule has 1 N–H and O–H groups in total. The molecule has 0 radical (unpaired) electrons. The number of benzene rings is 2. The minimum atomic E-state index is -3.96. The largest absolute Gasteiger partial charge is 0.425 e. The summed E-state index contributed by atoms with van der Waals surface area (Å²) in [6.07, 6.45) is 2.97. The molecule has 1 heterocycles. The van der Waals surface area contributed by atoms with Gasteiger partial charge in [0.1, 0.15) is 17.4 Å². The molecule has 188 valence electrons. The molecule has 3 rings (SSSR count). The Morgan fingerprint density at radius 1 is 1.06 bits per heavy atom. The molecule has 35 heavy (non-hydrogen) atoms. The second kappa shape index (κ2) is 11.2. The summed E-state index contributed by atoms with van der Waals surface area (Å²) in [4.78, 5) is 25.6. The monoisotopic (exact) mass is 499 g/mol. The molecular weight excluding hydrogens is 466 g/mol. The molecule has 0 amide bonds. The number of hydrogen-bond acceptors (Lipinski definition) is 6. The molecule has 7 nitrogen and oxygen atoms in total. The molecule has 1 aromatic heterocycles. The molecule has 0 bridgehead atoms. The highest BCUT2D eigenvalue weighted by molar-refractivity contribution is 7.89. The average molecular weight is 500 g/mol. The number of nitrogens with one attached hydrogen (secondary N) is 1. The summed E-state index contributed by atoms with van der Waals surface area (Å²) >= 11 is 0. The Morgan fingerprint density at radius 2 is 1.74 bits per heavy atom. The van der Waals surface area contributed by atoms with Crippen LogP contribution in [-0.2, 0) is 21.2 Å². The zero-order valence-electron chi connectivity index (χ0n) is 20.9. The summed E-state index contributed by atoms with van der Waals surface area (Å²) in [6.45, 7) is 9.40. The number of esters is 1. The Bertz CT molecular complexity index is 1360. The van der Waals surface area contributed by atoms with E-state index in [-0.39, 0.29) is 16.6 Å². The molecule has 2 atom stereocenters. The first kappa shape index (κ1) is 26.6. The first-order valence-electron chi connectivity index (χ1n) is 11.9.